The second-order valence-corrected chi connectivity index (χ2v) is 3.62. The fourth-order valence-corrected chi connectivity index (χ4v) is 1.16. The summed E-state index contributed by atoms with van der Waals surface area (Å²) < 4.78 is 1.01. The minimum atomic E-state index is 0.211. The molecule has 0 fully saturated rings. The fraction of sp³-hybridized carbons (Fsp3) is 0.444. The molecule has 0 aromatic carbocycles. The molecule has 13 heavy (non-hydrogen) atoms. The quantitative estimate of drug-likeness (QED) is 0.797. The predicted molar refractivity (Wildman–Crippen MR) is 56.9 cm³/mol. The minimum absolute atomic E-state index is 0.211. The summed E-state index contributed by atoms with van der Waals surface area (Å²) in [4.78, 5) is 4.30. The van der Waals surface area contributed by atoms with Crippen molar-refractivity contribution in [2.45, 2.75) is 13.3 Å². The van der Waals surface area contributed by atoms with E-state index in [1.807, 2.05) is 19.1 Å². The number of aliphatic hydroxyl groups is 1. The summed E-state index contributed by atoms with van der Waals surface area (Å²) >= 11 is 3.38. The normalized spacial score (nSPS) is 10.1. The van der Waals surface area contributed by atoms with Crippen LogP contribution < -0.4 is 5.32 Å². The van der Waals surface area contributed by atoms with Gasteiger partial charge in [0.15, 0.2) is 0 Å². The second-order valence-electron chi connectivity index (χ2n) is 2.77. The van der Waals surface area contributed by atoms with E-state index in [1.54, 1.807) is 0 Å². The van der Waals surface area contributed by atoms with Crippen LogP contribution in [0.25, 0.3) is 0 Å². The van der Waals surface area contributed by atoms with Crippen molar-refractivity contribution in [1.82, 2.24) is 4.98 Å². The maximum atomic E-state index is 8.58. The summed E-state index contributed by atoms with van der Waals surface area (Å²) in [6.45, 7) is 2.91. The molecule has 0 radical (unpaired) electrons. The zero-order valence-electron chi connectivity index (χ0n) is 7.55. The average Bonchev–Trinajstić information content (AvgIpc) is 2.12. The third-order valence-electron chi connectivity index (χ3n) is 1.66. The lowest BCUT2D eigenvalue weighted by Crippen LogP contribution is -2.05. The molecule has 1 aromatic heterocycles. The lowest BCUT2D eigenvalue weighted by atomic mass is 10.3. The minimum Gasteiger partial charge on any atom is -0.396 e. The van der Waals surface area contributed by atoms with E-state index in [1.165, 1.54) is 0 Å². The van der Waals surface area contributed by atoms with Gasteiger partial charge in [0.1, 0.15) is 5.82 Å². The fourth-order valence-electron chi connectivity index (χ4n) is 0.938. The van der Waals surface area contributed by atoms with Crippen LogP contribution in [0.5, 0.6) is 0 Å². The van der Waals surface area contributed by atoms with Crippen molar-refractivity contribution in [3.05, 3.63) is 22.3 Å². The van der Waals surface area contributed by atoms with E-state index in [4.69, 9.17) is 5.11 Å². The van der Waals surface area contributed by atoms with Gasteiger partial charge in [-0.1, -0.05) is 0 Å². The molecule has 72 valence electrons. The zero-order valence-corrected chi connectivity index (χ0v) is 9.13. The number of hydrogen-bond donors (Lipinski definition) is 2. The second kappa shape index (κ2) is 5.19. The molecule has 1 aromatic rings. The van der Waals surface area contributed by atoms with Crippen LogP contribution in [0.3, 0.4) is 0 Å². The van der Waals surface area contributed by atoms with Gasteiger partial charge in [0.05, 0.1) is 5.69 Å². The molecule has 0 aliphatic heterocycles. The Morgan fingerprint density at radius 2 is 2.31 bits per heavy atom. The molecule has 0 saturated heterocycles. The van der Waals surface area contributed by atoms with Crippen molar-refractivity contribution in [2.75, 3.05) is 18.5 Å². The molecule has 4 heteroatoms. The van der Waals surface area contributed by atoms with Gasteiger partial charge in [-0.2, -0.15) is 0 Å². The number of aryl methyl sites for hydroxylation is 1. The van der Waals surface area contributed by atoms with E-state index in [-0.39, 0.29) is 6.61 Å². The number of rotatable bonds is 4. The molecular formula is C9H13BrN2O. The van der Waals surface area contributed by atoms with E-state index in [2.05, 4.69) is 26.2 Å². The van der Waals surface area contributed by atoms with E-state index < -0.39 is 0 Å². The highest BCUT2D eigenvalue weighted by molar-refractivity contribution is 9.10. The Labute approximate surface area is 86.3 Å². The zero-order chi connectivity index (χ0) is 9.68. The summed E-state index contributed by atoms with van der Waals surface area (Å²) in [5.74, 6) is 0.856. The number of nitrogens with zero attached hydrogens (tertiary/aromatic N) is 1. The summed E-state index contributed by atoms with van der Waals surface area (Å²) in [6, 6.07) is 3.87. The van der Waals surface area contributed by atoms with Gasteiger partial charge < -0.3 is 10.4 Å². The smallest absolute Gasteiger partial charge is 0.126 e. The van der Waals surface area contributed by atoms with Crippen molar-refractivity contribution in [2.24, 2.45) is 0 Å². The molecule has 0 amide bonds. The first-order valence-corrected chi connectivity index (χ1v) is 5.01. The molecule has 0 bridgehead atoms. The van der Waals surface area contributed by atoms with Gasteiger partial charge in [0.2, 0.25) is 0 Å². The van der Waals surface area contributed by atoms with Crippen LogP contribution in [0.1, 0.15) is 12.1 Å². The maximum absolute atomic E-state index is 8.58. The molecule has 0 atom stereocenters. The number of aliphatic hydroxyl groups excluding tert-OH is 1. The van der Waals surface area contributed by atoms with Gasteiger partial charge >= 0.3 is 0 Å². The Hall–Kier alpha value is -0.610. The van der Waals surface area contributed by atoms with Gasteiger partial charge in [0, 0.05) is 17.6 Å². The lowest BCUT2D eigenvalue weighted by molar-refractivity contribution is 0.292. The third kappa shape index (κ3) is 3.32. The number of aromatic nitrogens is 1. The van der Waals surface area contributed by atoms with Gasteiger partial charge in [-0.25, -0.2) is 4.98 Å². The SMILES string of the molecule is Cc1nc(NCCCO)ccc1Br. The van der Waals surface area contributed by atoms with Crippen molar-refractivity contribution < 1.29 is 5.11 Å². The lowest BCUT2D eigenvalue weighted by Gasteiger charge is -2.05. The maximum Gasteiger partial charge on any atom is 0.126 e. The molecule has 0 aliphatic rings. The molecule has 0 unspecified atom stereocenters. The molecular weight excluding hydrogens is 232 g/mol. The Balaban J connectivity index is 2.53. The highest BCUT2D eigenvalue weighted by atomic mass is 79.9. The first-order valence-electron chi connectivity index (χ1n) is 4.22. The van der Waals surface area contributed by atoms with Crippen molar-refractivity contribution in [1.29, 1.82) is 0 Å². The topological polar surface area (TPSA) is 45.2 Å². The molecule has 2 N–H and O–H groups in total. The number of hydrogen-bond acceptors (Lipinski definition) is 3. The molecule has 0 spiro atoms. The van der Waals surface area contributed by atoms with Crippen LogP contribution >= 0.6 is 15.9 Å². The van der Waals surface area contributed by atoms with Crippen molar-refractivity contribution in [3.63, 3.8) is 0 Å². The average molecular weight is 245 g/mol. The highest BCUT2D eigenvalue weighted by Crippen LogP contribution is 2.15. The monoisotopic (exact) mass is 244 g/mol. The first kappa shape index (κ1) is 10.5. The molecule has 1 heterocycles. The Morgan fingerprint density at radius 3 is 2.92 bits per heavy atom. The first-order chi connectivity index (χ1) is 6.24. The van der Waals surface area contributed by atoms with Crippen molar-refractivity contribution >= 4 is 21.7 Å². The third-order valence-corrected chi connectivity index (χ3v) is 2.50. The van der Waals surface area contributed by atoms with E-state index in [9.17, 15) is 0 Å². The molecule has 3 nitrogen and oxygen atoms in total. The predicted octanol–water partition coefficient (Wildman–Crippen LogP) is 1.95. The summed E-state index contributed by atoms with van der Waals surface area (Å²) in [5, 5.41) is 11.7. The number of pyridine rings is 1. The summed E-state index contributed by atoms with van der Waals surface area (Å²) in [5.41, 5.74) is 0.967. The Morgan fingerprint density at radius 1 is 1.54 bits per heavy atom. The van der Waals surface area contributed by atoms with Crippen LogP contribution in [-0.4, -0.2) is 23.2 Å². The number of nitrogens with one attached hydrogen (secondary N) is 1. The van der Waals surface area contributed by atoms with Crippen LogP contribution in [0.2, 0.25) is 0 Å². The Bertz CT molecular complexity index is 278. The van der Waals surface area contributed by atoms with Crippen LogP contribution in [0.4, 0.5) is 5.82 Å². The van der Waals surface area contributed by atoms with Gasteiger partial charge in [-0.15, -0.1) is 0 Å². The van der Waals surface area contributed by atoms with Crippen LogP contribution in [0.15, 0.2) is 16.6 Å². The van der Waals surface area contributed by atoms with Crippen molar-refractivity contribution in [3.8, 4) is 0 Å². The summed E-state index contributed by atoms with van der Waals surface area (Å²) in [6.07, 6.45) is 0.747. The van der Waals surface area contributed by atoms with E-state index >= 15 is 0 Å². The summed E-state index contributed by atoms with van der Waals surface area (Å²) in [7, 11) is 0. The molecule has 0 aliphatic carbocycles. The van der Waals surface area contributed by atoms with E-state index in [0.717, 1.165) is 29.0 Å². The van der Waals surface area contributed by atoms with Gasteiger partial charge in [0.25, 0.3) is 0 Å². The largest absolute Gasteiger partial charge is 0.396 e. The Kier molecular flexibility index (Phi) is 4.18. The standard InChI is InChI=1S/C9H13BrN2O/c1-7-8(10)3-4-9(12-7)11-5-2-6-13/h3-4,13H,2,5-6H2,1H3,(H,11,12). The van der Waals surface area contributed by atoms with Crippen LogP contribution in [-0.2, 0) is 0 Å². The number of halogens is 1. The molecule has 0 saturated carbocycles. The highest BCUT2D eigenvalue weighted by Gasteiger charge is 1.97. The molecule has 1 rings (SSSR count). The van der Waals surface area contributed by atoms with Gasteiger partial charge in [-0.05, 0) is 41.4 Å². The van der Waals surface area contributed by atoms with Crippen LogP contribution in [0, 0.1) is 6.92 Å². The number of anilines is 1. The van der Waals surface area contributed by atoms with Gasteiger partial charge in [-0.3, -0.25) is 0 Å². The van der Waals surface area contributed by atoms with E-state index in [0.29, 0.717) is 0 Å².